The number of nitrogens with zero attached hydrogens (tertiary/aromatic N) is 2. The maximum absolute atomic E-state index is 12.2. The second-order valence-electron chi connectivity index (χ2n) is 5.97. The number of carbonyl (C=O) groups excluding carboxylic acids is 2. The largest absolute Gasteiger partial charge is 0.573 e. The molecule has 0 unspecified atom stereocenters. The Kier molecular flexibility index (Phi) is 6.75. The zero-order valence-electron chi connectivity index (χ0n) is 15.1. The molecule has 0 saturated carbocycles. The molecule has 0 heterocycles. The summed E-state index contributed by atoms with van der Waals surface area (Å²) in [6.45, 7) is -0.285. The normalized spacial score (nSPS) is 10.9. The van der Waals surface area contributed by atoms with Crippen LogP contribution in [0.4, 0.5) is 24.5 Å². The van der Waals surface area contributed by atoms with E-state index in [1.807, 2.05) is 0 Å². The van der Waals surface area contributed by atoms with Crippen molar-refractivity contribution in [1.82, 2.24) is 4.90 Å². The van der Waals surface area contributed by atoms with Crippen LogP contribution in [0.1, 0.15) is 5.56 Å². The van der Waals surface area contributed by atoms with Crippen LogP contribution in [-0.2, 0) is 16.0 Å². The second-order valence-corrected chi connectivity index (χ2v) is 5.97. The van der Waals surface area contributed by atoms with Gasteiger partial charge >= 0.3 is 6.36 Å². The molecule has 2 aromatic carbocycles. The summed E-state index contributed by atoms with van der Waals surface area (Å²) in [6.07, 6.45) is -4.86. The van der Waals surface area contributed by atoms with Gasteiger partial charge in [-0.3, -0.25) is 19.7 Å². The number of nitro benzene ring substituents is 1. The van der Waals surface area contributed by atoms with Gasteiger partial charge in [-0.2, -0.15) is 0 Å². The number of non-ortho nitro benzene ring substituents is 1. The number of likely N-dealkylation sites (N-methyl/N-ethyl adjacent to an activating group) is 1. The van der Waals surface area contributed by atoms with Gasteiger partial charge in [0, 0.05) is 24.9 Å². The minimum atomic E-state index is -4.81. The van der Waals surface area contributed by atoms with E-state index in [9.17, 15) is 32.9 Å². The number of hydrogen-bond acceptors (Lipinski definition) is 5. The summed E-state index contributed by atoms with van der Waals surface area (Å²) in [4.78, 5) is 35.4. The molecule has 0 radical (unpaired) electrons. The maximum Gasteiger partial charge on any atom is 0.573 e. The first-order chi connectivity index (χ1) is 13.5. The number of amides is 2. The summed E-state index contributed by atoms with van der Waals surface area (Å²) in [5, 5.41) is 13.1. The number of ether oxygens (including phenoxy) is 1. The van der Waals surface area contributed by atoms with Crippen LogP contribution in [-0.4, -0.2) is 41.6 Å². The third-order valence-electron chi connectivity index (χ3n) is 3.68. The number of nitro groups is 1. The lowest BCUT2D eigenvalue weighted by atomic mass is 10.1. The molecule has 29 heavy (non-hydrogen) atoms. The van der Waals surface area contributed by atoms with Crippen LogP contribution in [0.3, 0.4) is 0 Å². The Balaban J connectivity index is 1.86. The molecular formula is C18H16F3N3O5. The van der Waals surface area contributed by atoms with Gasteiger partial charge in [0.05, 0.1) is 17.9 Å². The minimum Gasteiger partial charge on any atom is -0.406 e. The quantitative estimate of drug-likeness (QED) is 0.557. The van der Waals surface area contributed by atoms with Gasteiger partial charge in [-0.25, -0.2) is 0 Å². The zero-order chi connectivity index (χ0) is 21.6. The van der Waals surface area contributed by atoms with Crippen molar-refractivity contribution in [2.24, 2.45) is 0 Å². The third-order valence-corrected chi connectivity index (χ3v) is 3.68. The molecule has 1 N–H and O–H groups in total. The monoisotopic (exact) mass is 411 g/mol. The van der Waals surface area contributed by atoms with Crippen LogP contribution in [0.15, 0.2) is 48.5 Å². The lowest BCUT2D eigenvalue weighted by molar-refractivity contribution is -0.384. The fraction of sp³-hybridized carbons (Fsp3) is 0.222. The van der Waals surface area contributed by atoms with Gasteiger partial charge < -0.3 is 15.0 Å². The van der Waals surface area contributed by atoms with Gasteiger partial charge in [-0.1, -0.05) is 12.1 Å². The average Bonchev–Trinajstić information content (AvgIpc) is 2.62. The first-order valence-corrected chi connectivity index (χ1v) is 8.16. The number of nitrogens with one attached hydrogen (secondary N) is 1. The molecule has 0 aliphatic heterocycles. The van der Waals surface area contributed by atoms with Gasteiger partial charge in [0.1, 0.15) is 5.75 Å². The zero-order valence-corrected chi connectivity index (χ0v) is 15.1. The van der Waals surface area contributed by atoms with Crippen molar-refractivity contribution in [1.29, 1.82) is 0 Å². The van der Waals surface area contributed by atoms with Crippen molar-refractivity contribution in [3.05, 3.63) is 64.2 Å². The second kappa shape index (κ2) is 9.04. The van der Waals surface area contributed by atoms with E-state index >= 15 is 0 Å². The lowest BCUT2D eigenvalue weighted by Gasteiger charge is -2.17. The fourth-order valence-electron chi connectivity index (χ4n) is 2.29. The number of hydrogen-bond donors (Lipinski definition) is 1. The van der Waals surface area contributed by atoms with Gasteiger partial charge in [-0.15, -0.1) is 13.2 Å². The number of alkyl halides is 3. The van der Waals surface area contributed by atoms with Gasteiger partial charge in [0.25, 0.3) is 5.69 Å². The van der Waals surface area contributed by atoms with E-state index < -0.39 is 22.9 Å². The molecule has 11 heteroatoms. The molecule has 0 bridgehead atoms. The fourth-order valence-corrected chi connectivity index (χ4v) is 2.29. The van der Waals surface area contributed by atoms with Crippen LogP contribution < -0.4 is 10.1 Å². The number of rotatable bonds is 7. The predicted molar refractivity (Wildman–Crippen MR) is 96.2 cm³/mol. The van der Waals surface area contributed by atoms with E-state index in [1.165, 1.54) is 43.4 Å². The van der Waals surface area contributed by atoms with E-state index in [4.69, 9.17) is 0 Å². The van der Waals surface area contributed by atoms with Crippen molar-refractivity contribution < 1.29 is 32.4 Å². The van der Waals surface area contributed by atoms with E-state index in [0.717, 1.165) is 17.0 Å². The SMILES string of the molecule is CN(CC(=O)Nc1ccc(OC(F)(F)F)cc1)C(=O)Cc1ccc([N+](=O)[O-])cc1. The van der Waals surface area contributed by atoms with Crippen molar-refractivity contribution in [3.8, 4) is 5.75 Å². The molecular weight excluding hydrogens is 395 g/mol. The van der Waals surface area contributed by atoms with Gasteiger partial charge in [0.15, 0.2) is 0 Å². The molecule has 0 spiro atoms. The number of anilines is 1. The molecule has 154 valence electrons. The summed E-state index contributed by atoms with van der Waals surface area (Å²) in [5.74, 6) is -1.36. The predicted octanol–water partition coefficient (Wildman–Crippen LogP) is 3.13. The van der Waals surface area contributed by atoms with Crippen LogP contribution in [0.2, 0.25) is 0 Å². The summed E-state index contributed by atoms with van der Waals surface area (Å²) < 4.78 is 40.1. The van der Waals surface area contributed by atoms with Crippen LogP contribution in [0.25, 0.3) is 0 Å². The Morgan fingerprint density at radius 2 is 1.69 bits per heavy atom. The van der Waals surface area contributed by atoms with Gasteiger partial charge in [-0.05, 0) is 29.8 Å². The Labute approximate surface area is 163 Å². The Morgan fingerprint density at radius 1 is 1.10 bits per heavy atom. The van der Waals surface area contributed by atoms with Crippen molar-refractivity contribution in [2.45, 2.75) is 12.8 Å². The van der Waals surface area contributed by atoms with E-state index in [0.29, 0.717) is 5.56 Å². The molecule has 0 atom stereocenters. The average molecular weight is 411 g/mol. The van der Waals surface area contributed by atoms with Gasteiger partial charge in [0.2, 0.25) is 11.8 Å². The molecule has 2 amide bonds. The highest BCUT2D eigenvalue weighted by atomic mass is 19.4. The molecule has 2 aromatic rings. The Morgan fingerprint density at radius 3 is 2.21 bits per heavy atom. The third kappa shape index (κ3) is 7.13. The molecule has 0 aliphatic rings. The van der Waals surface area contributed by atoms with Crippen LogP contribution in [0.5, 0.6) is 5.75 Å². The van der Waals surface area contributed by atoms with Crippen LogP contribution >= 0.6 is 0 Å². The molecule has 0 saturated heterocycles. The standard InChI is InChI=1S/C18H16F3N3O5/c1-23(17(26)10-12-2-6-14(7-3-12)24(27)28)11-16(25)22-13-4-8-15(9-5-13)29-18(19,20)21/h2-9H,10-11H2,1H3,(H,22,25). The Hall–Kier alpha value is -3.63. The first kappa shape index (κ1) is 21.7. The van der Waals surface area contributed by atoms with E-state index in [1.54, 1.807) is 0 Å². The minimum absolute atomic E-state index is 0.0503. The topological polar surface area (TPSA) is 102 Å². The van der Waals surface area contributed by atoms with Crippen molar-refractivity contribution >= 4 is 23.2 Å². The lowest BCUT2D eigenvalue weighted by Crippen LogP contribution is -2.35. The van der Waals surface area contributed by atoms with Crippen molar-refractivity contribution in [3.63, 3.8) is 0 Å². The number of carbonyl (C=O) groups is 2. The maximum atomic E-state index is 12.2. The Bertz CT molecular complexity index is 883. The van der Waals surface area contributed by atoms with E-state index in [2.05, 4.69) is 10.1 Å². The smallest absolute Gasteiger partial charge is 0.406 e. The number of halogens is 3. The molecule has 0 fully saturated rings. The van der Waals surface area contributed by atoms with Crippen molar-refractivity contribution in [2.75, 3.05) is 18.9 Å². The number of benzene rings is 2. The molecule has 0 aliphatic carbocycles. The molecule has 0 aromatic heterocycles. The van der Waals surface area contributed by atoms with Crippen LogP contribution in [0, 0.1) is 10.1 Å². The van der Waals surface area contributed by atoms with E-state index in [-0.39, 0.29) is 30.2 Å². The highest BCUT2D eigenvalue weighted by Crippen LogP contribution is 2.24. The summed E-state index contributed by atoms with van der Waals surface area (Å²) >= 11 is 0. The summed E-state index contributed by atoms with van der Waals surface area (Å²) in [6, 6.07) is 10.0. The molecule has 2 rings (SSSR count). The summed E-state index contributed by atoms with van der Waals surface area (Å²) in [7, 11) is 1.41. The highest BCUT2D eigenvalue weighted by molar-refractivity contribution is 5.94. The molecule has 8 nitrogen and oxygen atoms in total. The summed E-state index contributed by atoms with van der Waals surface area (Å²) in [5.41, 5.74) is 0.689. The first-order valence-electron chi connectivity index (χ1n) is 8.16. The highest BCUT2D eigenvalue weighted by Gasteiger charge is 2.31.